The molecule has 0 saturated heterocycles. The number of nitrogens with two attached hydrogens (primary N) is 1. The minimum absolute atomic E-state index is 0.0201. The molecule has 3 N–H and O–H groups in total. The molecule has 1 fully saturated rings. The van der Waals surface area contributed by atoms with E-state index in [1.165, 1.54) is 25.7 Å². The van der Waals surface area contributed by atoms with Crippen LogP contribution in [0.5, 0.6) is 0 Å². The van der Waals surface area contributed by atoms with Crippen LogP contribution in [0.2, 0.25) is 0 Å². The predicted octanol–water partition coefficient (Wildman–Crippen LogP) is 2.21. The highest BCUT2D eigenvalue weighted by Crippen LogP contribution is 2.30. The van der Waals surface area contributed by atoms with Crippen LogP contribution >= 0.6 is 0 Å². The Hall–Kier alpha value is -0.120. The molecule has 0 heterocycles. The molecule has 0 spiro atoms. The zero-order chi connectivity index (χ0) is 11.3. The molecule has 0 radical (unpaired) electrons. The summed E-state index contributed by atoms with van der Waals surface area (Å²) in [6.07, 6.45) is 7.59. The molecule has 1 aliphatic rings. The van der Waals surface area contributed by atoms with Gasteiger partial charge in [-0.1, -0.05) is 12.8 Å². The van der Waals surface area contributed by atoms with E-state index in [1.54, 1.807) is 7.11 Å². The number of hydrazine groups is 1. The lowest BCUT2D eigenvalue weighted by atomic mass is 9.90. The van der Waals surface area contributed by atoms with Gasteiger partial charge in [-0.15, -0.1) is 0 Å². The first-order chi connectivity index (χ1) is 7.09. The third kappa shape index (κ3) is 4.09. The van der Waals surface area contributed by atoms with Crippen molar-refractivity contribution in [1.82, 2.24) is 5.43 Å². The van der Waals surface area contributed by atoms with Gasteiger partial charge in [0.15, 0.2) is 0 Å². The van der Waals surface area contributed by atoms with Gasteiger partial charge in [-0.25, -0.2) is 0 Å². The van der Waals surface area contributed by atoms with Crippen molar-refractivity contribution in [3.05, 3.63) is 0 Å². The monoisotopic (exact) mass is 214 g/mol. The molecule has 0 aromatic heterocycles. The summed E-state index contributed by atoms with van der Waals surface area (Å²) in [6, 6.07) is 0.474. The van der Waals surface area contributed by atoms with Gasteiger partial charge in [0, 0.05) is 13.2 Å². The Balaban J connectivity index is 2.33. The molecule has 0 amide bonds. The summed E-state index contributed by atoms with van der Waals surface area (Å²) in [6.45, 7) is 4.27. The van der Waals surface area contributed by atoms with Crippen LogP contribution in [-0.4, -0.2) is 18.8 Å². The fourth-order valence-electron chi connectivity index (χ4n) is 2.42. The molecule has 3 heteroatoms. The lowest BCUT2D eigenvalue weighted by Gasteiger charge is -2.28. The Morgan fingerprint density at radius 1 is 1.40 bits per heavy atom. The molecule has 1 rings (SSSR count). The first-order valence-corrected chi connectivity index (χ1v) is 6.10. The van der Waals surface area contributed by atoms with E-state index >= 15 is 0 Å². The van der Waals surface area contributed by atoms with Crippen molar-refractivity contribution in [2.45, 2.75) is 64.0 Å². The average Bonchev–Trinajstić information content (AvgIpc) is 2.72. The van der Waals surface area contributed by atoms with Crippen molar-refractivity contribution in [3.63, 3.8) is 0 Å². The molecule has 1 saturated carbocycles. The van der Waals surface area contributed by atoms with Crippen molar-refractivity contribution < 1.29 is 4.74 Å². The minimum atomic E-state index is -0.0201. The van der Waals surface area contributed by atoms with Gasteiger partial charge >= 0.3 is 0 Å². The van der Waals surface area contributed by atoms with E-state index in [9.17, 15) is 0 Å². The summed E-state index contributed by atoms with van der Waals surface area (Å²) < 4.78 is 5.43. The molecule has 0 aromatic carbocycles. The topological polar surface area (TPSA) is 47.3 Å². The van der Waals surface area contributed by atoms with Crippen molar-refractivity contribution in [2.75, 3.05) is 7.11 Å². The smallest absolute Gasteiger partial charge is 0.0623 e. The van der Waals surface area contributed by atoms with Crippen LogP contribution in [0.4, 0.5) is 0 Å². The molecule has 3 nitrogen and oxygen atoms in total. The summed E-state index contributed by atoms with van der Waals surface area (Å²) in [7, 11) is 1.78. The van der Waals surface area contributed by atoms with Gasteiger partial charge in [-0.2, -0.15) is 0 Å². The summed E-state index contributed by atoms with van der Waals surface area (Å²) in [5, 5.41) is 0. The second-order valence-electron chi connectivity index (χ2n) is 5.32. The second-order valence-corrected chi connectivity index (χ2v) is 5.32. The van der Waals surface area contributed by atoms with E-state index < -0.39 is 0 Å². The van der Waals surface area contributed by atoms with Crippen LogP contribution in [0.1, 0.15) is 52.4 Å². The minimum Gasteiger partial charge on any atom is -0.379 e. The van der Waals surface area contributed by atoms with Crippen molar-refractivity contribution in [1.29, 1.82) is 0 Å². The fourth-order valence-corrected chi connectivity index (χ4v) is 2.42. The predicted molar refractivity (Wildman–Crippen MR) is 63.4 cm³/mol. The van der Waals surface area contributed by atoms with Gasteiger partial charge in [0.05, 0.1) is 5.60 Å². The third-order valence-electron chi connectivity index (χ3n) is 3.79. The lowest BCUT2D eigenvalue weighted by molar-refractivity contribution is 0.0102. The van der Waals surface area contributed by atoms with Crippen LogP contribution < -0.4 is 11.3 Å². The number of hydrogen-bond acceptors (Lipinski definition) is 3. The third-order valence-corrected chi connectivity index (χ3v) is 3.79. The fraction of sp³-hybridized carbons (Fsp3) is 1.00. The maximum atomic E-state index is 5.63. The second kappa shape index (κ2) is 5.83. The van der Waals surface area contributed by atoms with Gasteiger partial charge in [0.2, 0.25) is 0 Å². The summed E-state index contributed by atoms with van der Waals surface area (Å²) >= 11 is 0. The molecule has 0 bridgehead atoms. The number of ether oxygens (including phenoxy) is 1. The van der Waals surface area contributed by atoms with Gasteiger partial charge < -0.3 is 4.74 Å². The molecule has 0 aromatic rings. The maximum absolute atomic E-state index is 5.63. The first-order valence-electron chi connectivity index (χ1n) is 6.10. The molecule has 0 aliphatic heterocycles. The van der Waals surface area contributed by atoms with Gasteiger partial charge in [0.25, 0.3) is 0 Å². The molecule has 1 atom stereocenters. The molecular weight excluding hydrogens is 188 g/mol. The van der Waals surface area contributed by atoms with E-state index in [4.69, 9.17) is 10.6 Å². The van der Waals surface area contributed by atoms with Crippen molar-refractivity contribution >= 4 is 0 Å². The number of rotatable bonds is 6. The van der Waals surface area contributed by atoms with Crippen LogP contribution in [0.3, 0.4) is 0 Å². The first kappa shape index (κ1) is 12.9. The molecular formula is C12H26N2O. The van der Waals surface area contributed by atoms with Crippen molar-refractivity contribution in [2.24, 2.45) is 11.8 Å². The number of methoxy groups -OCH3 is 1. The van der Waals surface area contributed by atoms with Gasteiger partial charge in [-0.3, -0.25) is 11.3 Å². The SMILES string of the molecule is COC(C)(C)CCC(NN)C1CCCC1. The maximum Gasteiger partial charge on any atom is 0.0623 e. The summed E-state index contributed by atoms with van der Waals surface area (Å²) in [5.41, 5.74) is 2.96. The molecule has 15 heavy (non-hydrogen) atoms. The highest BCUT2D eigenvalue weighted by Gasteiger charge is 2.26. The van der Waals surface area contributed by atoms with E-state index in [0.29, 0.717) is 6.04 Å². The molecule has 1 unspecified atom stereocenters. The lowest BCUT2D eigenvalue weighted by Crippen LogP contribution is -2.41. The summed E-state index contributed by atoms with van der Waals surface area (Å²) in [5.74, 6) is 6.41. The molecule has 90 valence electrons. The van der Waals surface area contributed by atoms with Gasteiger partial charge in [-0.05, 0) is 45.4 Å². The highest BCUT2D eigenvalue weighted by atomic mass is 16.5. The quantitative estimate of drug-likeness (QED) is 0.526. The van der Waals surface area contributed by atoms with Crippen molar-refractivity contribution in [3.8, 4) is 0 Å². The Labute approximate surface area is 93.7 Å². The highest BCUT2D eigenvalue weighted by molar-refractivity contribution is 4.81. The van der Waals surface area contributed by atoms with E-state index in [-0.39, 0.29) is 5.60 Å². The Morgan fingerprint density at radius 3 is 2.47 bits per heavy atom. The summed E-state index contributed by atoms with van der Waals surface area (Å²) in [4.78, 5) is 0. The Morgan fingerprint density at radius 2 is 2.00 bits per heavy atom. The number of hydrogen-bond donors (Lipinski definition) is 2. The van der Waals surface area contributed by atoms with Crippen LogP contribution in [0, 0.1) is 5.92 Å². The van der Waals surface area contributed by atoms with E-state index in [2.05, 4.69) is 19.3 Å². The normalized spacial score (nSPS) is 20.8. The zero-order valence-electron chi connectivity index (χ0n) is 10.4. The molecule has 1 aliphatic carbocycles. The Kier molecular flexibility index (Phi) is 5.03. The average molecular weight is 214 g/mol. The van der Waals surface area contributed by atoms with Crippen LogP contribution in [-0.2, 0) is 4.74 Å². The van der Waals surface area contributed by atoms with E-state index in [0.717, 1.165) is 18.8 Å². The van der Waals surface area contributed by atoms with Crippen LogP contribution in [0.25, 0.3) is 0 Å². The number of nitrogens with one attached hydrogen (secondary N) is 1. The van der Waals surface area contributed by atoms with E-state index in [1.807, 2.05) is 0 Å². The Bertz CT molecular complexity index is 176. The standard InChI is InChI=1S/C12H26N2O/c1-12(2,15-3)9-8-11(14-13)10-6-4-5-7-10/h10-11,14H,4-9,13H2,1-3H3. The largest absolute Gasteiger partial charge is 0.379 e. The van der Waals surface area contributed by atoms with Crippen LogP contribution in [0.15, 0.2) is 0 Å². The van der Waals surface area contributed by atoms with Gasteiger partial charge in [0.1, 0.15) is 0 Å². The zero-order valence-corrected chi connectivity index (χ0v) is 10.4.